The quantitative estimate of drug-likeness (QED) is 0.713. The minimum atomic E-state index is -0.0127. The van der Waals surface area contributed by atoms with E-state index in [1.54, 1.807) is 6.20 Å². The van der Waals surface area contributed by atoms with Crippen molar-refractivity contribution < 1.29 is 5.11 Å². The zero-order chi connectivity index (χ0) is 19.9. The van der Waals surface area contributed by atoms with E-state index in [0.29, 0.717) is 31.2 Å². The van der Waals surface area contributed by atoms with Crippen LogP contribution in [-0.4, -0.2) is 33.8 Å². The summed E-state index contributed by atoms with van der Waals surface area (Å²) in [5.41, 5.74) is 11.9. The number of rotatable bonds is 8. The maximum atomic E-state index is 9.82. The zero-order valence-electron chi connectivity index (χ0n) is 16.2. The molecule has 3 N–H and O–H groups in total. The Morgan fingerprint density at radius 1 is 1.18 bits per heavy atom. The van der Waals surface area contributed by atoms with Gasteiger partial charge in [-0.1, -0.05) is 35.9 Å². The number of aliphatic imine (C=N–C) groups is 1. The van der Waals surface area contributed by atoms with Crippen LogP contribution in [0.15, 0.2) is 53.2 Å². The lowest BCUT2D eigenvalue weighted by Gasteiger charge is -2.26. The van der Waals surface area contributed by atoms with Crippen LogP contribution in [0, 0.1) is 0 Å². The fraction of sp³-hybridized carbons (Fsp3) is 0.364. The van der Waals surface area contributed by atoms with E-state index in [-0.39, 0.29) is 6.61 Å². The maximum Gasteiger partial charge on any atom is 0.0730 e. The molecule has 0 saturated heterocycles. The Balaban J connectivity index is 1.86. The van der Waals surface area contributed by atoms with Crippen molar-refractivity contribution in [2.75, 3.05) is 13.1 Å². The fourth-order valence-corrected chi connectivity index (χ4v) is 3.55. The van der Waals surface area contributed by atoms with Gasteiger partial charge in [0.2, 0.25) is 0 Å². The number of hydrogen-bond donors (Lipinski definition) is 2. The second kappa shape index (κ2) is 9.94. The van der Waals surface area contributed by atoms with Crippen molar-refractivity contribution in [1.29, 1.82) is 0 Å². The summed E-state index contributed by atoms with van der Waals surface area (Å²) in [6, 6.07) is 9.74. The zero-order valence-corrected chi connectivity index (χ0v) is 17.0. The molecular weight excluding hydrogens is 372 g/mol. The average Bonchev–Trinajstić information content (AvgIpc) is 2.71. The predicted octanol–water partition coefficient (Wildman–Crippen LogP) is 3.48. The molecular formula is C22H27ClN4O. The van der Waals surface area contributed by atoms with Crippen molar-refractivity contribution in [2.45, 2.75) is 39.6 Å². The first-order valence-electron chi connectivity index (χ1n) is 9.54. The minimum absolute atomic E-state index is 0.0127. The van der Waals surface area contributed by atoms with Gasteiger partial charge in [0.15, 0.2) is 0 Å². The van der Waals surface area contributed by atoms with Crippen molar-refractivity contribution in [3.8, 4) is 0 Å². The molecule has 28 heavy (non-hydrogen) atoms. The van der Waals surface area contributed by atoms with Crippen LogP contribution < -0.4 is 5.73 Å². The van der Waals surface area contributed by atoms with Crippen LogP contribution >= 0.6 is 11.6 Å². The molecule has 1 aromatic carbocycles. The molecule has 148 valence electrons. The van der Waals surface area contributed by atoms with Gasteiger partial charge in [0.1, 0.15) is 0 Å². The molecule has 2 heterocycles. The molecule has 5 nitrogen and oxygen atoms in total. The molecule has 1 aliphatic rings. The summed E-state index contributed by atoms with van der Waals surface area (Å²) in [5, 5.41) is 10.5. The molecule has 0 bridgehead atoms. The van der Waals surface area contributed by atoms with Crippen molar-refractivity contribution in [3.63, 3.8) is 0 Å². The van der Waals surface area contributed by atoms with Crippen LogP contribution in [0.25, 0.3) is 0 Å². The topological polar surface area (TPSA) is 74.7 Å². The van der Waals surface area contributed by atoms with Crippen LogP contribution in [0.4, 0.5) is 0 Å². The summed E-state index contributed by atoms with van der Waals surface area (Å²) in [7, 11) is 0. The van der Waals surface area contributed by atoms with Gasteiger partial charge >= 0.3 is 0 Å². The van der Waals surface area contributed by atoms with Crippen LogP contribution in [-0.2, 0) is 26.2 Å². The van der Waals surface area contributed by atoms with Gasteiger partial charge in [0, 0.05) is 38.9 Å². The third kappa shape index (κ3) is 5.26. The number of nitrogens with zero attached hydrogens (tertiary/aromatic N) is 3. The van der Waals surface area contributed by atoms with E-state index >= 15 is 0 Å². The molecule has 0 atom stereocenters. The van der Waals surface area contributed by atoms with Gasteiger partial charge in [0.05, 0.1) is 23.0 Å². The highest BCUT2D eigenvalue weighted by atomic mass is 35.5. The summed E-state index contributed by atoms with van der Waals surface area (Å²) in [6.07, 6.45) is 5.00. The minimum Gasteiger partial charge on any atom is -0.392 e. The second-order valence-electron chi connectivity index (χ2n) is 7.05. The largest absolute Gasteiger partial charge is 0.392 e. The Hall–Kier alpha value is -2.05. The highest BCUT2D eigenvalue weighted by Crippen LogP contribution is 2.20. The Morgan fingerprint density at radius 2 is 2.04 bits per heavy atom. The molecule has 6 heteroatoms. The van der Waals surface area contributed by atoms with E-state index < -0.39 is 0 Å². The SMILES string of the molecule is CC1=CCCN=C1CN(Cc1ccc(CN)cc1CO)Cc1ncccc1Cl. The highest BCUT2D eigenvalue weighted by Gasteiger charge is 2.17. The Labute approximate surface area is 171 Å². The Morgan fingerprint density at radius 3 is 2.75 bits per heavy atom. The lowest BCUT2D eigenvalue weighted by Crippen LogP contribution is -2.31. The first-order chi connectivity index (χ1) is 13.6. The summed E-state index contributed by atoms with van der Waals surface area (Å²) in [5.74, 6) is 0. The summed E-state index contributed by atoms with van der Waals surface area (Å²) in [6.45, 7) is 5.37. The number of nitrogens with two attached hydrogens (primary N) is 1. The molecule has 1 aromatic heterocycles. The monoisotopic (exact) mass is 398 g/mol. The second-order valence-corrected chi connectivity index (χ2v) is 7.45. The molecule has 0 amide bonds. The fourth-order valence-electron chi connectivity index (χ4n) is 3.37. The smallest absolute Gasteiger partial charge is 0.0730 e. The number of aliphatic hydroxyl groups is 1. The van der Waals surface area contributed by atoms with Gasteiger partial charge in [-0.15, -0.1) is 0 Å². The molecule has 3 rings (SSSR count). The number of halogens is 1. The molecule has 0 spiro atoms. The molecule has 0 saturated carbocycles. The van der Waals surface area contributed by atoms with Crippen LogP contribution in [0.5, 0.6) is 0 Å². The van der Waals surface area contributed by atoms with Gasteiger partial charge in [-0.2, -0.15) is 0 Å². The van der Waals surface area contributed by atoms with Crippen LogP contribution in [0.1, 0.15) is 35.7 Å². The summed E-state index contributed by atoms with van der Waals surface area (Å²) in [4.78, 5) is 11.4. The molecule has 2 aromatic rings. The third-order valence-corrected chi connectivity index (χ3v) is 5.33. The molecule has 0 radical (unpaired) electrons. The highest BCUT2D eigenvalue weighted by molar-refractivity contribution is 6.31. The Bertz CT molecular complexity index is 879. The van der Waals surface area contributed by atoms with Crippen LogP contribution in [0.2, 0.25) is 5.02 Å². The van der Waals surface area contributed by atoms with Gasteiger partial charge < -0.3 is 10.8 Å². The molecule has 1 aliphatic heterocycles. The molecule has 0 fully saturated rings. The van der Waals surface area contributed by atoms with Gasteiger partial charge in [0.25, 0.3) is 0 Å². The van der Waals surface area contributed by atoms with Crippen molar-refractivity contribution in [3.05, 3.63) is 75.6 Å². The maximum absolute atomic E-state index is 9.82. The van der Waals surface area contributed by atoms with Crippen LogP contribution in [0.3, 0.4) is 0 Å². The average molecular weight is 399 g/mol. The first-order valence-corrected chi connectivity index (χ1v) is 9.92. The number of aromatic nitrogens is 1. The van der Waals surface area contributed by atoms with E-state index in [1.807, 2.05) is 30.3 Å². The standard InChI is InChI=1S/C22H27ClN4O/c1-16-4-2-8-25-21(16)13-27(14-22-20(23)5-3-9-26-22)12-18-7-6-17(11-24)10-19(18)15-28/h3-7,9-10,28H,2,8,11-15,24H2,1H3. The normalized spacial score (nSPS) is 14.2. The van der Waals surface area contributed by atoms with Crippen molar-refractivity contribution >= 4 is 17.3 Å². The third-order valence-electron chi connectivity index (χ3n) is 4.99. The number of pyridine rings is 1. The van der Waals surface area contributed by atoms with E-state index in [0.717, 1.165) is 41.1 Å². The molecule has 0 aliphatic carbocycles. The first kappa shape index (κ1) is 20.7. The Kier molecular flexibility index (Phi) is 7.34. The number of aliphatic hydroxyl groups excluding tert-OH is 1. The summed E-state index contributed by atoms with van der Waals surface area (Å²) >= 11 is 6.36. The van der Waals surface area contributed by atoms with Crippen molar-refractivity contribution in [1.82, 2.24) is 9.88 Å². The number of benzene rings is 1. The van der Waals surface area contributed by atoms with E-state index in [2.05, 4.69) is 22.9 Å². The predicted molar refractivity (Wildman–Crippen MR) is 114 cm³/mol. The van der Waals surface area contributed by atoms with Gasteiger partial charge in [-0.05, 0) is 47.7 Å². The number of hydrogen-bond acceptors (Lipinski definition) is 5. The lowest BCUT2D eigenvalue weighted by atomic mass is 10.0. The van der Waals surface area contributed by atoms with E-state index in [9.17, 15) is 5.11 Å². The van der Waals surface area contributed by atoms with E-state index in [1.165, 1.54) is 5.57 Å². The van der Waals surface area contributed by atoms with Crippen molar-refractivity contribution in [2.24, 2.45) is 10.7 Å². The lowest BCUT2D eigenvalue weighted by molar-refractivity contribution is 0.267. The van der Waals surface area contributed by atoms with Gasteiger partial charge in [-0.3, -0.25) is 14.9 Å². The number of dihydropyridines is 1. The van der Waals surface area contributed by atoms with Gasteiger partial charge in [-0.25, -0.2) is 0 Å². The molecule has 0 unspecified atom stereocenters. The summed E-state index contributed by atoms with van der Waals surface area (Å²) < 4.78 is 0. The van der Waals surface area contributed by atoms with E-state index in [4.69, 9.17) is 22.3 Å².